The average Bonchev–Trinajstić information content (AvgIpc) is 2.98. The minimum Gasteiger partial charge on any atom is -0.383 e. The summed E-state index contributed by atoms with van der Waals surface area (Å²) in [4.78, 5) is 2.74. The average molecular weight is 247 g/mol. The number of rotatable bonds is 2. The van der Waals surface area contributed by atoms with Crippen molar-refractivity contribution < 1.29 is 4.74 Å². The molecule has 0 amide bonds. The van der Waals surface area contributed by atoms with E-state index in [0.717, 1.165) is 6.61 Å². The molecular weight excluding hydrogens is 226 g/mol. The van der Waals surface area contributed by atoms with Gasteiger partial charge in [-0.25, -0.2) is 0 Å². The first-order chi connectivity index (χ1) is 8.73. The Morgan fingerprint density at radius 3 is 3.28 bits per heavy atom. The highest BCUT2D eigenvalue weighted by Crippen LogP contribution is 2.53. The molecule has 0 radical (unpaired) electrons. The van der Waals surface area contributed by atoms with Gasteiger partial charge in [-0.1, -0.05) is 0 Å². The normalized spacial score (nSPS) is 37.9. The Morgan fingerprint density at radius 2 is 2.44 bits per heavy atom. The molecule has 0 saturated carbocycles. The largest absolute Gasteiger partial charge is 0.383 e. The van der Waals surface area contributed by atoms with E-state index in [0.29, 0.717) is 17.5 Å². The number of hydrogen-bond donors (Lipinski definition) is 0. The van der Waals surface area contributed by atoms with Crippen LogP contribution in [0.1, 0.15) is 36.4 Å². The van der Waals surface area contributed by atoms with Gasteiger partial charge in [-0.3, -0.25) is 9.58 Å². The topological polar surface area (TPSA) is 30.3 Å². The van der Waals surface area contributed by atoms with Gasteiger partial charge in [0.05, 0.1) is 12.3 Å². The number of fused-ring (bicyclic) bond motifs is 5. The van der Waals surface area contributed by atoms with E-state index in [1.165, 1.54) is 43.5 Å². The number of nitrogens with zero attached hydrogens (tertiary/aromatic N) is 3. The first-order valence-corrected chi connectivity index (χ1v) is 7.02. The lowest BCUT2D eigenvalue weighted by atomic mass is 9.89. The van der Waals surface area contributed by atoms with Gasteiger partial charge in [0.2, 0.25) is 0 Å². The summed E-state index contributed by atoms with van der Waals surface area (Å²) in [5.74, 6) is 0.650. The van der Waals surface area contributed by atoms with Crippen LogP contribution in [-0.2, 0) is 18.2 Å². The standard InChI is InChI=1S/C14H21N3O/c1-16-8-10-6-12-11(13(10)15-16)7-14(9-18-2)4-3-5-17(12)14/h8,11-12H,3-7,9H2,1-2H3. The van der Waals surface area contributed by atoms with Crippen molar-refractivity contribution in [1.82, 2.24) is 14.7 Å². The molecule has 3 aliphatic rings. The van der Waals surface area contributed by atoms with Crippen LogP contribution in [0.15, 0.2) is 6.20 Å². The predicted octanol–water partition coefficient (Wildman–Crippen LogP) is 1.31. The van der Waals surface area contributed by atoms with Crippen LogP contribution < -0.4 is 0 Å². The molecule has 2 saturated heterocycles. The Balaban J connectivity index is 1.70. The third-order valence-electron chi connectivity index (χ3n) is 5.25. The van der Waals surface area contributed by atoms with E-state index in [2.05, 4.69) is 11.1 Å². The van der Waals surface area contributed by atoms with Crippen LogP contribution >= 0.6 is 0 Å². The van der Waals surface area contributed by atoms with Crippen molar-refractivity contribution in [2.24, 2.45) is 7.05 Å². The summed E-state index contributed by atoms with van der Waals surface area (Å²) in [5, 5.41) is 4.70. The molecule has 1 aliphatic carbocycles. The number of hydrogen-bond acceptors (Lipinski definition) is 3. The molecule has 1 aromatic rings. The Hall–Kier alpha value is -0.870. The summed E-state index contributed by atoms with van der Waals surface area (Å²) in [6, 6.07) is 0.696. The third kappa shape index (κ3) is 1.25. The lowest BCUT2D eigenvalue weighted by Gasteiger charge is -2.34. The van der Waals surface area contributed by atoms with Crippen molar-refractivity contribution in [1.29, 1.82) is 0 Å². The van der Waals surface area contributed by atoms with Crippen LogP contribution in [0.3, 0.4) is 0 Å². The van der Waals surface area contributed by atoms with Crippen LogP contribution in [0.25, 0.3) is 0 Å². The van der Waals surface area contributed by atoms with E-state index in [1.807, 2.05) is 18.8 Å². The van der Waals surface area contributed by atoms with Gasteiger partial charge in [-0.05, 0) is 37.8 Å². The van der Waals surface area contributed by atoms with E-state index in [9.17, 15) is 0 Å². The van der Waals surface area contributed by atoms with Gasteiger partial charge < -0.3 is 4.74 Å². The van der Waals surface area contributed by atoms with Crippen LogP contribution in [0, 0.1) is 0 Å². The van der Waals surface area contributed by atoms with Gasteiger partial charge in [-0.15, -0.1) is 0 Å². The summed E-state index contributed by atoms with van der Waals surface area (Å²) >= 11 is 0. The summed E-state index contributed by atoms with van der Waals surface area (Å²) in [7, 11) is 3.87. The van der Waals surface area contributed by atoms with Crippen molar-refractivity contribution in [3.63, 3.8) is 0 Å². The smallest absolute Gasteiger partial charge is 0.0704 e. The van der Waals surface area contributed by atoms with E-state index in [1.54, 1.807) is 0 Å². The van der Waals surface area contributed by atoms with Crippen molar-refractivity contribution in [2.75, 3.05) is 20.3 Å². The van der Waals surface area contributed by atoms with E-state index in [-0.39, 0.29) is 0 Å². The van der Waals surface area contributed by atoms with Gasteiger partial charge in [-0.2, -0.15) is 5.10 Å². The van der Waals surface area contributed by atoms with Crippen LogP contribution in [0.4, 0.5) is 0 Å². The summed E-state index contributed by atoms with van der Waals surface area (Å²) in [6.45, 7) is 2.14. The number of aryl methyl sites for hydroxylation is 1. The lowest BCUT2D eigenvalue weighted by molar-refractivity contribution is 0.0500. The molecule has 4 rings (SSSR count). The fourth-order valence-electron chi connectivity index (χ4n) is 4.72. The zero-order valence-corrected chi connectivity index (χ0v) is 11.2. The Morgan fingerprint density at radius 1 is 1.56 bits per heavy atom. The molecule has 0 spiro atoms. The molecule has 18 heavy (non-hydrogen) atoms. The van der Waals surface area contributed by atoms with Crippen molar-refractivity contribution in [2.45, 2.75) is 43.2 Å². The van der Waals surface area contributed by atoms with Crippen LogP contribution in [0.5, 0.6) is 0 Å². The first kappa shape index (κ1) is 11.0. The zero-order valence-electron chi connectivity index (χ0n) is 11.2. The maximum absolute atomic E-state index is 5.52. The molecule has 3 unspecified atom stereocenters. The maximum Gasteiger partial charge on any atom is 0.0704 e. The van der Waals surface area contributed by atoms with Gasteiger partial charge >= 0.3 is 0 Å². The summed E-state index contributed by atoms with van der Waals surface area (Å²) in [6.07, 6.45) is 7.28. The molecule has 0 N–H and O–H groups in total. The molecule has 2 fully saturated rings. The fourth-order valence-corrected chi connectivity index (χ4v) is 4.72. The predicted molar refractivity (Wildman–Crippen MR) is 68.6 cm³/mol. The molecule has 4 heteroatoms. The van der Waals surface area contributed by atoms with E-state index in [4.69, 9.17) is 9.84 Å². The van der Waals surface area contributed by atoms with E-state index >= 15 is 0 Å². The Kier molecular flexibility index (Phi) is 2.19. The van der Waals surface area contributed by atoms with Gasteiger partial charge in [0, 0.05) is 37.9 Å². The Bertz CT molecular complexity index is 483. The van der Waals surface area contributed by atoms with E-state index < -0.39 is 0 Å². The molecule has 98 valence electrons. The highest BCUT2D eigenvalue weighted by atomic mass is 16.5. The molecular formula is C14H21N3O. The minimum atomic E-state index is 0.319. The molecule has 0 aromatic carbocycles. The number of aromatic nitrogens is 2. The minimum absolute atomic E-state index is 0.319. The third-order valence-corrected chi connectivity index (χ3v) is 5.25. The van der Waals surface area contributed by atoms with Crippen molar-refractivity contribution >= 4 is 0 Å². The summed E-state index contributed by atoms with van der Waals surface area (Å²) in [5.41, 5.74) is 3.16. The monoisotopic (exact) mass is 247 g/mol. The second-order valence-corrected chi connectivity index (χ2v) is 6.25. The first-order valence-electron chi connectivity index (χ1n) is 7.02. The Labute approximate surface area is 108 Å². The van der Waals surface area contributed by atoms with Crippen LogP contribution in [-0.4, -0.2) is 46.5 Å². The zero-order chi connectivity index (χ0) is 12.3. The van der Waals surface area contributed by atoms with Gasteiger partial charge in [0.15, 0.2) is 0 Å². The van der Waals surface area contributed by atoms with Crippen molar-refractivity contribution in [3.8, 4) is 0 Å². The molecule has 0 bridgehead atoms. The molecule has 3 atom stereocenters. The fraction of sp³-hybridized carbons (Fsp3) is 0.786. The molecule has 4 nitrogen and oxygen atoms in total. The molecule has 3 heterocycles. The second-order valence-electron chi connectivity index (χ2n) is 6.25. The number of ether oxygens (including phenoxy) is 1. The molecule has 2 aliphatic heterocycles. The van der Waals surface area contributed by atoms with Gasteiger partial charge in [0.25, 0.3) is 0 Å². The second kappa shape index (κ2) is 3.58. The molecule has 1 aromatic heterocycles. The summed E-state index contributed by atoms with van der Waals surface area (Å²) < 4.78 is 7.50. The SMILES string of the molecule is COCC12CCCN1C1Cc3cn(C)nc3C1C2. The van der Waals surface area contributed by atoms with Crippen molar-refractivity contribution in [3.05, 3.63) is 17.5 Å². The quantitative estimate of drug-likeness (QED) is 0.789. The highest BCUT2D eigenvalue weighted by Gasteiger charge is 2.57. The van der Waals surface area contributed by atoms with Crippen LogP contribution in [0.2, 0.25) is 0 Å². The number of methoxy groups -OCH3 is 1. The maximum atomic E-state index is 5.52. The lowest BCUT2D eigenvalue weighted by Crippen LogP contribution is -2.45. The highest BCUT2D eigenvalue weighted by molar-refractivity contribution is 5.35. The van der Waals surface area contributed by atoms with Gasteiger partial charge in [0.1, 0.15) is 0 Å².